The van der Waals surface area contributed by atoms with Crippen LogP contribution in [-0.4, -0.2) is 35.1 Å². The van der Waals surface area contributed by atoms with Crippen LogP contribution in [0.2, 0.25) is 0 Å². The molecule has 0 aromatic carbocycles. The van der Waals surface area contributed by atoms with E-state index in [1.54, 1.807) is 6.92 Å². The minimum Gasteiger partial charge on any atom is -0.480 e. The first kappa shape index (κ1) is 12.4. The van der Waals surface area contributed by atoms with Crippen LogP contribution in [0.1, 0.15) is 34.6 Å². The van der Waals surface area contributed by atoms with E-state index in [2.05, 4.69) is 20.8 Å². The van der Waals surface area contributed by atoms with Gasteiger partial charge in [0, 0.05) is 6.54 Å². The van der Waals surface area contributed by atoms with Crippen molar-refractivity contribution in [2.75, 3.05) is 13.1 Å². The summed E-state index contributed by atoms with van der Waals surface area (Å²) in [4.78, 5) is 12.7. The lowest BCUT2D eigenvalue weighted by molar-refractivity contribution is -0.143. The third-order valence-corrected chi connectivity index (χ3v) is 1.99. The van der Waals surface area contributed by atoms with E-state index >= 15 is 0 Å². The number of aliphatic carboxylic acids is 1. The van der Waals surface area contributed by atoms with Crippen molar-refractivity contribution >= 4 is 5.97 Å². The number of carboxylic acid groups (broad SMARTS) is 1. The molecule has 0 aliphatic carbocycles. The first-order chi connectivity index (χ1) is 5.78. The first-order valence-electron chi connectivity index (χ1n) is 4.75. The summed E-state index contributed by atoms with van der Waals surface area (Å²) in [5.41, 5.74) is 0.152. The van der Waals surface area contributed by atoms with E-state index < -0.39 is 5.97 Å². The molecule has 0 fully saturated rings. The smallest absolute Gasteiger partial charge is 0.320 e. The molecule has 1 atom stereocenters. The lowest BCUT2D eigenvalue weighted by atomic mass is 9.95. The van der Waals surface area contributed by atoms with E-state index in [4.69, 9.17) is 5.11 Å². The fourth-order valence-electron chi connectivity index (χ4n) is 1.29. The summed E-state index contributed by atoms with van der Waals surface area (Å²) in [6, 6.07) is -0.385. The van der Waals surface area contributed by atoms with Gasteiger partial charge in [0.2, 0.25) is 0 Å². The number of carboxylic acids is 1. The third kappa shape index (κ3) is 4.88. The number of hydrogen-bond donors (Lipinski definition) is 1. The molecule has 1 N–H and O–H groups in total. The normalized spacial score (nSPS) is 14.6. The maximum atomic E-state index is 10.7. The van der Waals surface area contributed by atoms with Crippen molar-refractivity contribution in [1.82, 2.24) is 4.90 Å². The molecule has 0 amide bonds. The lowest BCUT2D eigenvalue weighted by Gasteiger charge is -2.31. The van der Waals surface area contributed by atoms with Crippen LogP contribution in [-0.2, 0) is 4.79 Å². The summed E-state index contributed by atoms with van der Waals surface area (Å²) >= 11 is 0. The van der Waals surface area contributed by atoms with E-state index in [1.165, 1.54) is 0 Å². The topological polar surface area (TPSA) is 40.5 Å². The van der Waals surface area contributed by atoms with Crippen molar-refractivity contribution < 1.29 is 9.90 Å². The van der Waals surface area contributed by atoms with E-state index in [1.807, 2.05) is 11.8 Å². The SMILES string of the molecule is CCN(CC(C)(C)C)[C@H](C)C(=O)O. The van der Waals surface area contributed by atoms with Gasteiger partial charge in [0.1, 0.15) is 6.04 Å². The number of rotatable bonds is 4. The van der Waals surface area contributed by atoms with Crippen LogP contribution < -0.4 is 0 Å². The molecule has 0 radical (unpaired) electrons. The predicted molar refractivity (Wildman–Crippen MR) is 53.8 cm³/mol. The monoisotopic (exact) mass is 187 g/mol. The highest BCUT2D eigenvalue weighted by molar-refractivity contribution is 5.72. The van der Waals surface area contributed by atoms with Gasteiger partial charge < -0.3 is 5.11 Å². The molecule has 78 valence electrons. The average molecular weight is 187 g/mol. The molecule has 0 rings (SSSR count). The maximum Gasteiger partial charge on any atom is 0.320 e. The summed E-state index contributed by atoms with van der Waals surface area (Å²) in [6.45, 7) is 11.7. The molecule has 13 heavy (non-hydrogen) atoms. The van der Waals surface area contributed by atoms with Gasteiger partial charge in [-0.25, -0.2) is 0 Å². The summed E-state index contributed by atoms with van der Waals surface area (Å²) in [5, 5.41) is 8.84. The molecule has 0 aromatic heterocycles. The van der Waals surface area contributed by atoms with Crippen molar-refractivity contribution in [3.8, 4) is 0 Å². The van der Waals surface area contributed by atoms with Gasteiger partial charge in [-0.2, -0.15) is 0 Å². The highest BCUT2D eigenvalue weighted by Gasteiger charge is 2.23. The van der Waals surface area contributed by atoms with E-state index in [9.17, 15) is 4.79 Å². The molecule has 0 unspecified atom stereocenters. The Bertz CT molecular complexity index is 172. The molecule has 0 heterocycles. The minimum absolute atomic E-state index is 0.152. The van der Waals surface area contributed by atoms with Crippen molar-refractivity contribution in [3.63, 3.8) is 0 Å². The van der Waals surface area contributed by atoms with Gasteiger partial charge in [-0.15, -0.1) is 0 Å². The minimum atomic E-state index is -0.744. The van der Waals surface area contributed by atoms with E-state index in [-0.39, 0.29) is 11.5 Å². The van der Waals surface area contributed by atoms with E-state index in [0.717, 1.165) is 13.1 Å². The number of likely N-dealkylation sites (N-methyl/N-ethyl adjacent to an activating group) is 1. The Morgan fingerprint density at radius 1 is 1.46 bits per heavy atom. The van der Waals surface area contributed by atoms with Crippen LogP contribution in [0.3, 0.4) is 0 Å². The highest BCUT2D eigenvalue weighted by atomic mass is 16.4. The van der Waals surface area contributed by atoms with Crippen molar-refractivity contribution in [1.29, 1.82) is 0 Å². The average Bonchev–Trinajstić information content (AvgIpc) is 1.97. The molecule has 3 heteroatoms. The highest BCUT2D eigenvalue weighted by Crippen LogP contribution is 2.16. The van der Waals surface area contributed by atoms with Crippen LogP contribution >= 0.6 is 0 Å². The maximum absolute atomic E-state index is 10.7. The second-order valence-corrected chi connectivity index (χ2v) is 4.64. The molecular weight excluding hydrogens is 166 g/mol. The Hall–Kier alpha value is -0.570. The van der Waals surface area contributed by atoms with Gasteiger partial charge in [0.25, 0.3) is 0 Å². The molecule has 3 nitrogen and oxygen atoms in total. The van der Waals surface area contributed by atoms with Gasteiger partial charge in [0.05, 0.1) is 0 Å². The molecule has 0 saturated heterocycles. The van der Waals surface area contributed by atoms with Crippen LogP contribution in [0.4, 0.5) is 0 Å². The standard InChI is InChI=1S/C10H21NO2/c1-6-11(7-10(3,4)5)8(2)9(12)13/h8H,6-7H2,1-5H3,(H,12,13)/t8-/m1/s1. The Morgan fingerprint density at radius 3 is 2.15 bits per heavy atom. The first-order valence-corrected chi connectivity index (χ1v) is 4.75. The summed E-state index contributed by atoms with van der Waals surface area (Å²) < 4.78 is 0. The summed E-state index contributed by atoms with van der Waals surface area (Å²) in [7, 11) is 0. The molecule has 0 aromatic rings. The van der Waals surface area contributed by atoms with Crippen molar-refractivity contribution in [2.24, 2.45) is 5.41 Å². The van der Waals surface area contributed by atoms with E-state index in [0.29, 0.717) is 0 Å². The van der Waals surface area contributed by atoms with Crippen molar-refractivity contribution in [2.45, 2.75) is 40.7 Å². The number of carbonyl (C=O) groups is 1. The second-order valence-electron chi connectivity index (χ2n) is 4.64. The Balaban J connectivity index is 4.26. The van der Waals surface area contributed by atoms with Gasteiger partial charge in [0.15, 0.2) is 0 Å². The zero-order valence-corrected chi connectivity index (χ0v) is 9.29. The molecule has 0 saturated carbocycles. The largest absolute Gasteiger partial charge is 0.480 e. The fraction of sp³-hybridized carbons (Fsp3) is 0.900. The van der Waals surface area contributed by atoms with Gasteiger partial charge in [-0.1, -0.05) is 27.7 Å². The van der Waals surface area contributed by atoms with Gasteiger partial charge >= 0.3 is 5.97 Å². The summed E-state index contributed by atoms with van der Waals surface area (Å²) in [5.74, 6) is -0.744. The second kappa shape index (κ2) is 4.61. The molecular formula is C10H21NO2. The predicted octanol–water partition coefficient (Wildman–Crippen LogP) is 1.83. The fourth-order valence-corrected chi connectivity index (χ4v) is 1.29. The molecule has 0 aliphatic heterocycles. The zero-order valence-electron chi connectivity index (χ0n) is 9.29. The Morgan fingerprint density at radius 2 is 1.92 bits per heavy atom. The van der Waals surface area contributed by atoms with Crippen LogP contribution in [0.15, 0.2) is 0 Å². The van der Waals surface area contributed by atoms with Crippen LogP contribution in [0.25, 0.3) is 0 Å². The molecule has 0 bridgehead atoms. The lowest BCUT2D eigenvalue weighted by Crippen LogP contribution is -2.43. The third-order valence-electron chi connectivity index (χ3n) is 1.99. The summed E-state index contributed by atoms with van der Waals surface area (Å²) in [6.07, 6.45) is 0. The van der Waals surface area contributed by atoms with Gasteiger partial charge in [-0.05, 0) is 18.9 Å². The number of nitrogens with zero attached hydrogens (tertiary/aromatic N) is 1. The molecule has 0 spiro atoms. The van der Waals surface area contributed by atoms with Gasteiger partial charge in [-0.3, -0.25) is 9.69 Å². The molecule has 0 aliphatic rings. The van der Waals surface area contributed by atoms with Crippen molar-refractivity contribution in [3.05, 3.63) is 0 Å². The Labute approximate surface area is 80.7 Å². The quantitative estimate of drug-likeness (QED) is 0.730. The van der Waals surface area contributed by atoms with Crippen LogP contribution in [0.5, 0.6) is 0 Å². The number of hydrogen-bond acceptors (Lipinski definition) is 2. The zero-order chi connectivity index (χ0) is 10.6. The van der Waals surface area contributed by atoms with Crippen LogP contribution in [0, 0.1) is 5.41 Å². The Kier molecular flexibility index (Phi) is 4.40.